The van der Waals surface area contributed by atoms with E-state index in [1.807, 2.05) is 0 Å². The topological polar surface area (TPSA) is 60.4 Å². The van der Waals surface area contributed by atoms with Gasteiger partial charge in [0.15, 0.2) is 0 Å². The average molecular weight is 268 g/mol. The van der Waals surface area contributed by atoms with E-state index in [0.717, 1.165) is 0 Å². The van der Waals surface area contributed by atoms with Crippen LogP contribution < -0.4 is 4.74 Å². The molecule has 2 aromatic rings. The Morgan fingerprint density at radius 2 is 1.25 bits per heavy atom. The monoisotopic (exact) mass is 268 g/mol. The summed E-state index contributed by atoms with van der Waals surface area (Å²) in [7, 11) is 0. The van der Waals surface area contributed by atoms with Crippen LogP contribution in [-0.2, 0) is 4.79 Å². The van der Waals surface area contributed by atoms with Crippen LogP contribution in [-0.4, -0.2) is 17.5 Å². The zero-order valence-corrected chi connectivity index (χ0v) is 10.8. The summed E-state index contributed by atoms with van der Waals surface area (Å²) in [6, 6.07) is 14.2. The second-order valence-electron chi connectivity index (χ2n) is 4.14. The van der Waals surface area contributed by atoms with Crippen LogP contribution in [0.4, 0.5) is 0 Å². The standard InChI is InChI=1S/C16H12O4/c1-11(17)20-14-9-7-13(8-10-14)16(19)15(18)12-5-3-2-4-6-12/h2-10H,1H3. The molecule has 0 N–H and O–H groups in total. The van der Waals surface area contributed by atoms with Gasteiger partial charge >= 0.3 is 5.97 Å². The molecule has 0 aromatic heterocycles. The SMILES string of the molecule is CC(=O)Oc1ccc(C(=O)C(=O)c2ccccc2)cc1. The van der Waals surface area contributed by atoms with Crippen LogP contribution in [0.25, 0.3) is 0 Å². The number of carbonyl (C=O) groups excluding carboxylic acids is 3. The third-order valence-corrected chi connectivity index (χ3v) is 2.62. The van der Waals surface area contributed by atoms with Gasteiger partial charge in [-0.3, -0.25) is 14.4 Å². The average Bonchev–Trinajstić information content (AvgIpc) is 2.47. The minimum Gasteiger partial charge on any atom is -0.427 e. The molecule has 2 aromatic carbocycles. The van der Waals surface area contributed by atoms with Crippen molar-refractivity contribution in [2.45, 2.75) is 6.92 Å². The molecule has 100 valence electrons. The van der Waals surface area contributed by atoms with Crippen LogP contribution >= 0.6 is 0 Å². The Morgan fingerprint density at radius 3 is 1.75 bits per heavy atom. The first-order valence-electron chi connectivity index (χ1n) is 6.00. The largest absolute Gasteiger partial charge is 0.427 e. The Morgan fingerprint density at radius 1 is 0.750 bits per heavy atom. The molecule has 20 heavy (non-hydrogen) atoms. The van der Waals surface area contributed by atoms with Gasteiger partial charge in [0, 0.05) is 18.1 Å². The van der Waals surface area contributed by atoms with Crippen molar-refractivity contribution in [1.29, 1.82) is 0 Å². The second-order valence-corrected chi connectivity index (χ2v) is 4.14. The van der Waals surface area contributed by atoms with Crippen molar-refractivity contribution >= 4 is 17.5 Å². The first-order chi connectivity index (χ1) is 9.58. The van der Waals surface area contributed by atoms with Gasteiger partial charge in [-0.1, -0.05) is 30.3 Å². The number of Topliss-reactive ketones (excluding diaryl/α,β-unsaturated/α-hetero) is 2. The summed E-state index contributed by atoms with van der Waals surface area (Å²) in [5.41, 5.74) is 0.608. The predicted octanol–water partition coefficient (Wildman–Crippen LogP) is 2.68. The van der Waals surface area contributed by atoms with E-state index in [9.17, 15) is 14.4 Å². The Labute approximate surface area is 116 Å². The fraction of sp³-hybridized carbons (Fsp3) is 0.0625. The molecule has 4 nitrogen and oxygen atoms in total. The van der Waals surface area contributed by atoms with Gasteiger partial charge in [-0.15, -0.1) is 0 Å². The number of carbonyl (C=O) groups is 3. The summed E-state index contributed by atoms with van der Waals surface area (Å²) in [6.45, 7) is 1.29. The number of ether oxygens (including phenoxy) is 1. The maximum atomic E-state index is 12.0. The van der Waals surface area contributed by atoms with Crippen LogP contribution in [0, 0.1) is 0 Å². The van der Waals surface area contributed by atoms with Crippen molar-refractivity contribution in [3.8, 4) is 5.75 Å². The first kappa shape index (κ1) is 13.7. The van der Waals surface area contributed by atoms with Gasteiger partial charge in [0.1, 0.15) is 5.75 Å². The van der Waals surface area contributed by atoms with Crippen molar-refractivity contribution < 1.29 is 19.1 Å². The number of esters is 1. The molecule has 4 heteroatoms. The molecule has 0 bridgehead atoms. The maximum absolute atomic E-state index is 12.0. The minimum absolute atomic E-state index is 0.259. The predicted molar refractivity (Wildman–Crippen MR) is 72.9 cm³/mol. The summed E-state index contributed by atoms with van der Waals surface area (Å²) >= 11 is 0. The highest BCUT2D eigenvalue weighted by atomic mass is 16.5. The molecule has 2 rings (SSSR count). The lowest BCUT2D eigenvalue weighted by atomic mass is 10.0. The van der Waals surface area contributed by atoms with Gasteiger partial charge in [-0.25, -0.2) is 0 Å². The zero-order chi connectivity index (χ0) is 14.5. The van der Waals surface area contributed by atoms with Gasteiger partial charge < -0.3 is 4.74 Å². The summed E-state index contributed by atoms with van der Waals surface area (Å²) in [4.78, 5) is 34.8. The van der Waals surface area contributed by atoms with E-state index in [0.29, 0.717) is 11.3 Å². The van der Waals surface area contributed by atoms with Crippen LogP contribution in [0.2, 0.25) is 0 Å². The molecule has 0 atom stereocenters. The summed E-state index contributed by atoms with van der Waals surface area (Å²) in [6.07, 6.45) is 0. The van der Waals surface area contributed by atoms with Crippen LogP contribution in [0.1, 0.15) is 27.6 Å². The molecule has 0 aliphatic rings. The molecule has 0 spiro atoms. The lowest BCUT2D eigenvalue weighted by Gasteiger charge is -2.03. The molecule has 0 fully saturated rings. The Hall–Kier alpha value is -2.75. The van der Waals surface area contributed by atoms with Crippen LogP contribution in [0.15, 0.2) is 54.6 Å². The summed E-state index contributed by atoms with van der Waals surface area (Å²) in [5, 5.41) is 0. The van der Waals surface area contributed by atoms with E-state index in [-0.39, 0.29) is 5.56 Å². The Kier molecular flexibility index (Phi) is 4.05. The Bertz CT molecular complexity index is 642. The molecular formula is C16H12O4. The second kappa shape index (κ2) is 5.93. The highest BCUT2D eigenvalue weighted by Gasteiger charge is 2.17. The first-order valence-corrected chi connectivity index (χ1v) is 6.00. The van der Waals surface area contributed by atoms with E-state index in [1.165, 1.54) is 31.2 Å². The fourth-order valence-corrected chi connectivity index (χ4v) is 1.69. The van der Waals surface area contributed by atoms with Crippen molar-refractivity contribution in [2.75, 3.05) is 0 Å². The number of ketones is 2. The Balaban J connectivity index is 2.17. The quantitative estimate of drug-likeness (QED) is 0.370. The fourth-order valence-electron chi connectivity index (χ4n) is 1.69. The molecule has 0 unspecified atom stereocenters. The highest BCUT2D eigenvalue weighted by molar-refractivity contribution is 6.49. The lowest BCUT2D eigenvalue weighted by molar-refractivity contribution is -0.131. The summed E-state index contributed by atoms with van der Waals surface area (Å²) in [5.74, 6) is -1.26. The van der Waals surface area contributed by atoms with Crippen molar-refractivity contribution in [2.24, 2.45) is 0 Å². The molecule has 0 saturated carbocycles. The molecular weight excluding hydrogens is 256 g/mol. The van der Waals surface area contributed by atoms with E-state index < -0.39 is 17.5 Å². The molecule has 0 amide bonds. The molecule has 0 aliphatic heterocycles. The third-order valence-electron chi connectivity index (χ3n) is 2.62. The zero-order valence-electron chi connectivity index (χ0n) is 10.8. The number of benzene rings is 2. The van der Waals surface area contributed by atoms with E-state index in [2.05, 4.69) is 0 Å². The van der Waals surface area contributed by atoms with Gasteiger partial charge in [-0.2, -0.15) is 0 Å². The van der Waals surface area contributed by atoms with Crippen molar-refractivity contribution in [3.05, 3.63) is 65.7 Å². The van der Waals surface area contributed by atoms with Crippen molar-refractivity contribution in [3.63, 3.8) is 0 Å². The third kappa shape index (κ3) is 3.17. The van der Waals surface area contributed by atoms with E-state index in [4.69, 9.17) is 4.74 Å². The number of hydrogen-bond acceptors (Lipinski definition) is 4. The lowest BCUT2D eigenvalue weighted by Crippen LogP contribution is -2.14. The highest BCUT2D eigenvalue weighted by Crippen LogP contribution is 2.14. The van der Waals surface area contributed by atoms with Gasteiger partial charge in [0.2, 0.25) is 11.6 Å². The molecule has 0 heterocycles. The van der Waals surface area contributed by atoms with Crippen molar-refractivity contribution in [1.82, 2.24) is 0 Å². The van der Waals surface area contributed by atoms with Crippen LogP contribution in [0.3, 0.4) is 0 Å². The molecule has 0 radical (unpaired) electrons. The van der Waals surface area contributed by atoms with Crippen LogP contribution in [0.5, 0.6) is 5.75 Å². The summed E-state index contributed by atoms with van der Waals surface area (Å²) < 4.78 is 4.86. The maximum Gasteiger partial charge on any atom is 0.308 e. The normalized spacial score (nSPS) is 9.85. The van der Waals surface area contributed by atoms with Gasteiger partial charge in [0.25, 0.3) is 0 Å². The minimum atomic E-state index is -0.592. The van der Waals surface area contributed by atoms with E-state index >= 15 is 0 Å². The smallest absolute Gasteiger partial charge is 0.308 e. The van der Waals surface area contributed by atoms with E-state index in [1.54, 1.807) is 30.3 Å². The van der Waals surface area contributed by atoms with Gasteiger partial charge in [-0.05, 0) is 24.3 Å². The molecule has 0 aliphatic carbocycles. The number of rotatable bonds is 4. The molecule has 0 saturated heterocycles. The van der Waals surface area contributed by atoms with Gasteiger partial charge in [0.05, 0.1) is 0 Å². The number of hydrogen-bond donors (Lipinski definition) is 0.